The van der Waals surface area contributed by atoms with Crippen molar-refractivity contribution in [2.24, 2.45) is 0 Å². The second kappa shape index (κ2) is 7.20. The molecule has 0 aliphatic carbocycles. The normalized spacial score (nSPS) is 18.5. The van der Waals surface area contributed by atoms with E-state index < -0.39 is 0 Å². The van der Waals surface area contributed by atoms with Crippen LogP contribution in [0.5, 0.6) is 5.75 Å². The highest BCUT2D eigenvalue weighted by molar-refractivity contribution is 8.05. The molecule has 0 radical (unpaired) electrons. The molecule has 2 N–H and O–H groups in total. The SMILES string of the molecule is COc1ccccc1/C=C1\SC(Nc2cc(Cl)ccc2C)NC1=O. The molecule has 24 heavy (non-hydrogen) atoms. The standard InChI is InChI=1S/C18H17ClN2O2S/c1-11-7-8-13(19)10-14(11)20-18-21-17(22)16(24-18)9-12-5-3-4-6-15(12)23-2/h3-10,18,20H,1-2H3,(H,21,22)/b16-9-. The molecular formula is C18H17ClN2O2S. The van der Waals surface area contributed by atoms with Crippen molar-refractivity contribution in [1.82, 2.24) is 5.32 Å². The zero-order valence-corrected chi connectivity index (χ0v) is 14.9. The third-order valence-electron chi connectivity index (χ3n) is 3.64. The largest absolute Gasteiger partial charge is 0.496 e. The first-order valence-electron chi connectivity index (χ1n) is 7.42. The quantitative estimate of drug-likeness (QED) is 0.800. The summed E-state index contributed by atoms with van der Waals surface area (Å²) in [6.07, 6.45) is 1.84. The van der Waals surface area contributed by atoms with Gasteiger partial charge in [-0.3, -0.25) is 4.79 Å². The number of amides is 1. The van der Waals surface area contributed by atoms with E-state index in [1.807, 2.05) is 55.5 Å². The van der Waals surface area contributed by atoms with Gasteiger partial charge in [-0.1, -0.05) is 47.6 Å². The Morgan fingerprint density at radius 1 is 1.29 bits per heavy atom. The number of rotatable bonds is 4. The predicted molar refractivity (Wildman–Crippen MR) is 100 cm³/mol. The fourth-order valence-electron chi connectivity index (χ4n) is 2.38. The van der Waals surface area contributed by atoms with Crippen LogP contribution in [0, 0.1) is 6.92 Å². The summed E-state index contributed by atoms with van der Waals surface area (Å²) in [4.78, 5) is 12.9. The van der Waals surface area contributed by atoms with E-state index in [1.165, 1.54) is 11.8 Å². The van der Waals surface area contributed by atoms with Gasteiger partial charge in [0.15, 0.2) is 5.50 Å². The lowest BCUT2D eigenvalue weighted by molar-refractivity contribution is -0.116. The van der Waals surface area contributed by atoms with Crippen LogP contribution in [-0.2, 0) is 4.79 Å². The van der Waals surface area contributed by atoms with Gasteiger partial charge in [-0.15, -0.1) is 0 Å². The van der Waals surface area contributed by atoms with E-state index in [1.54, 1.807) is 7.11 Å². The van der Waals surface area contributed by atoms with E-state index in [4.69, 9.17) is 16.3 Å². The Hall–Kier alpha value is -2.11. The second-order valence-electron chi connectivity index (χ2n) is 5.33. The minimum atomic E-state index is -0.240. The summed E-state index contributed by atoms with van der Waals surface area (Å²) in [5.41, 5.74) is 2.60. The molecule has 1 atom stereocenters. The molecule has 1 saturated heterocycles. The maximum Gasteiger partial charge on any atom is 0.260 e. The van der Waals surface area contributed by atoms with Crippen LogP contribution in [0.1, 0.15) is 11.1 Å². The molecule has 2 aromatic rings. The number of benzene rings is 2. The van der Waals surface area contributed by atoms with Crippen LogP contribution in [-0.4, -0.2) is 18.5 Å². The number of aryl methyl sites for hydroxylation is 1. The lowest BCUT2D eigenvalue weighted by Gasteiger charge is -2.15. The van der Waals surface area contributed by atoms with Gasteiger partial charge in [-0.2, -0.15) is 0 Å². The fourth-order valence-corrected chi connectivity index (χ4v) is 3.52. The minimum absolute atomic E-state index is 0.108. The van der Waals surface area contributed by atoms with Crippen molar-refractivity contribution in [3.05, 3.63) is 63.5 Å². The highest BCUT2D eigenvalue weighted by atomic mass is 35.5. The van der Waals surface area contributed by atoms with Crippen LogP contribution in [0.15, 0.2) is 47.4 Å². The molecule has 3 rings (SSSR count). The lowest BCUT2D eigenvalue weighted by Crippen LogP contribution is -2.31. The van der Waals surface area contributed by atoms with Gasteiger partial charge in [0.25, 0.3) is 5.91 Å². The Kier molecular flexibility index (Phi) is 5.02. The molecule has 6 heteroatoms. The molecule has 0 bridgehead atoms. The van der Waals surface area contributed by atoms with E-state index in [0.717, 1.165) is 22.6 Å². The van der Waals surface area contributed by atoms with Crippen molar-refractivity contribution in [1.29, 1.82) is 0 Å². The van der Waals surface area contributed by atoms with E-state index in [2.05, 4.69) is 10.6 Å². The van der Waals surface area contributed by atoms with Gasteiger partial charge in [0.1, 0.15) is 5.75 Å². The third kappa shape index (κ3) is 3.68. The first-order chi connectivity index (χ1) is 11.6. The van der Waals surface area contributed by atoms with Gasteiger partial charge in [0, 0.05) is 16.3 Å². The molecule has 1 heterocycles. The van der Waals surface area contributed by atoms with Crippen LogP contribution in [0.2, 0.25) is 5.02 Å². The maximum absolute atomic E-state index is 12.2. The van der Waals surface area contributed by atoms with Crippen molar-refractivity contribution >= 4 is 41.0 Å². The van der Waals surface area contributed by atoms with Crippen LogP contribution >= 0.6 is 23.4 Å². The van der Waals surface area contributed by atoms with E-state index in [0.29, 0.717) is 9.93 Å². The van der Waals surface area contributed by atoms with Gasteiger partial charge in [0.2, 0.25) is 0 Å². The minimum Gasteiger partial charge on any atom is -0.496 e. The molecule has 4 nitrogen and oxygen atoms in total. The summed E-state index contributed by atoms with van der Waals surface area (Å²) >= 11 is 7.47. The third-order valence-corrected chi connectivity index (χ3v) is 4.91. The van der Waals surface area contributed by atoms with Crippen molar-refractivity contribution in [2.45, 2.75) is 12.4 Å². The highest BCUT2D eigenvalue weighted by Crippen LogP contribution is 2.33. The van der Waals surface area contributed by atoms with Crippen molar-refractivity contribution < 1.29 is 9.53 Å². The molecule has 1 unspecified atom stereocenters. The fraction of sp³-hybridized carbons (Fsp3) is 0.167. The summed E-state index contributed by atoms with van der Waals surface area (Å²) < 4.78 is 5.33. The van der Waals surface area contributed by atoms with Gasteiger partial charge in [-0.25, -0.2) is 0 Å². The van der Waals surface area contributed by atoms with Crippen molar-refractivity contribution in [3.8, 4) is 5.75 Å². The molecule has 1 aliphatic heterocycles. The first-order valence-corrected chi connectivity index (χ1v) is 8.67. The van der Waals surface area contributed by atoms with E-state index in [-0.39, 0.29) is 11.4 Å². The zero-order chi connectivity index (χ0) is 17.1. The number of nitrogens with one attached hydrogen (secondary N) is 2. The number of ether oxygens (including phenoxy) is 1. The first kappa shape index (κ1) is 16.7. The Morgan fingerprint density at radius 3 is 2.88 bits per heavy atom. The molecule has 1 aliphatic rings. The second-order valence-corrected chi connectivity index (χ2v) is 6.91. The van der Waals surface area contributed by atoms with Gasteiger partial charge in [0.05, 0.1) is 12.0 Å². The average molecular weight is 361 g/mol. The molecule has 124 valence electrons. The number of carbonyl (C=O) groups is 1. The Bertz CT molecular complexity index is 807. The Morgan fingerprint density at radius 2 is 2.08 bits per heavy atom. The molecule has 2 aromatic carbocycles. The number of hydrogen-bond acceptors (Lipinski definition) is 4. The van der Waals surface area contributed by atoms with Crippen LogP contribution in [0.4, 0.5) is 5.69 Å². The van der Waals surface area contributed by atoms with Crippen LogP contribution < -0.4 is 15.4 Å². The maximum atomic E-state index is 12.2. The van der Waals surface area contributed by atoms with E-state index in [9.17, 15) is 4.79 Å². The van der Waals surface area contributed by atoms with Crippen molar-refractivity contribution in [2.75, 3.05) is 12.4 Å². The molecule has 0 saturated carbocycles. The predicted octanol–water partition coefficient (Wildman–Crippen LogP) is 4.26. The number of methoxy groups -OCH3 is 1. The molecule has 0 spiro atoms. The summed E-state index contributed by atoms with van der Waals surface area (Å²) in [6.45, 7) is 1.99. The number of halogens is 1. The smallest absolute Gasteiger partial charge is 0.260 e. The topological polar surface area (TPSA) is 50.4 Å². The summed E-state index contributed by atoms with van der Waals surface area (Å²) in [7, 11) is 1.62. The monoisotopic (exact) mass is 360 g/mol. The molecule has 1 fully saturated rings. The van der Waals surface area contributed by atoms with Crippen LogP contribution in [0.25, 0.3) is 6.08 Å². The summed E-state index contributed by atoms with van der Waals surface area (Å²) in [5, 5.41) is 6.87. The summed E-state index contributed by atoms with van der Waals surface area (Å²) in [5.74, 6) is 0.628. The molecular weight excluding hydrogens is 344 g/mol. The number of hydrogen-bond donors (Lipinski definition) is 2. The molecule has 0 aromatic heterocycles. The van der Waals surface area contributed by atoms with Gasteiger partial charge >= 0.3 is 0 Å². The van der Waals surface area contributed by atoms with Crippen molar-refractivity contribution in [3.63, 3.8) is 0 Å². The van der Waals surface area contributed by atoms with Gasteiger partial charge in [-0.05, 0) is 36.8 Å². The van der Waals surface area contributed by atoms with E-state index >= 15 is 0 Å². The molecule has 1 amide bonds. The summed E-state index contributed by atoms with van der Waals surface area (Å²) in [6, 6.07) is 13.2. The number of carbonyl (C=O) groups excluding carboxylic acids is 1. The highest BCUT2D eigenvalue weighted by Gasteiger charge is 2.27. The Labute approximate surface area is 150 Å². The Balaban J connectivity index is 1.78. The number of anilines is 1. The van der Waals surface area contributed by atoms with Gasteiger partial charge < -0.3 is 15.4 Å². The average Bonchev–Trinajstić information content (AvgIpc) is 2.91. The zero-order valence-electron chi connectivity index (χ0n) is 13.3. The lowest BCUT2D eigenvalue weighted by atomic mass is 10.2. The number of thioether (sulfide) groups is 1. The van der Waals surface area contributed by atoms with Crippen LogP contribution in [0.3, 0.4) is 0 Å². The number of para-hydroxylation sites is 1.